The molecule has 26 heavy (non-hydrogen) atoms. The van der Waals surface area contributed by atoms with Gasteiger partial charge >= 0.3 is 0 Å². The highest BCUT2D eigenvalue weighted by atomic mass is 16.1. The molecule has 2 aromatic rings. The van der Waals surface area contributed by atoms with Crippen LogP contribution in [0.3, 0.4) is 0 Å². The number of ketones is 2. The minimum absolute atomic E-state index is 0.0218. The van der Waals surface area contributed by atoms with Crippen LogP contribution in [0.15, 0.2) is 54.6 Å². The van der Waals surface area contributed by atoms with Gasteiger partial charge in [0.25, 0.3) is 0 Å². The fourth-order valence-electron chi connectivity index (χ4n) is 3.47. The largest absolute Gasteiger partial charge is 0.314 e. The van der Waals surface area contributed by atoms with E-state index in [1.54, 1.807) is 24.3 Å². The number of nitrogens with one attached hydrogen (secondary N) is 1. The number of nitrogens with zero attached hydrogens (tertiary/aromatic N) is 1. The minimum atomic E-state index is 0.0218. The van der Waals surface area contributed by atoms with Gasteiger partial charge in [-0.05, 0) is 18.9 Å². The Hall–Kier alpha value is -2.30. The number of hydrogen-bond donors (Lipinski definition) is 1. The third-order valence-corrected chi connectivity index (χ3v) is 5.03. The number of benzene rings is 2. The summed E-state index contributed by atoms with van der Waals surface area (Å²) in [6, 6.07) is 17.9. The van der Waals surface area contributed by atoms with E-state index >= 15 is 0 Å². The molecule has 0 aliphatic carbocycles. The van der Waals surface area contributed by atoms with Crippen molar-refractivity contribution in [3.05, 3.63) is 71.3 Å². The first kappa shape index (κ1) is 18.5. The first-order valence-electron chi connectivity index (χ1n) is 9.26. The van der Waals surface area contributed by atoms with Crippen molar-refractivity contribution < 1.29 is 9.59 Å². The van der Waals surface area contributed by atoms with Crippen LogP contribution >= 0.6 is 0 Å². The van der Waals surface area contributed by atoms with Gasteiger partial charge in [-0.1, -0.05) is 54.6 Å². The van der Waals surface area contributed by atoms with E-state index in [2.05, 4.69) is 34.5 Å². The Kier molecular flexibility index (Phi) is 6.31. The van der Waals surface area contributed by atoms with Crippen LogP contribution < -0.4 is 5.32 Å². The average molecular weight is 350 g/mol. The summed E-state index contributed by atoms with van der Waals surface area (Å²) >= 11 is 0. The van der Waals surface area contributed by atoms with Crippen LogP contribution in [0.1, 0.15) is 39.6 Å². The van der Waals surface area contributed by atoms with Gasteiger partial charge in [-0.25, -0.2) is 0 Å². The number of hydrogen-bond acceptors (Lipinski definition) is 4. The van der Waals surface area contributed by atoms with E-state index in [9.17, 15) is 9.59 Å². The molecule has 1 N–H and O–H groups in total. The SMILES string of the molecule is CC(=O)c1ccc(C(=O)CCN2CCNCC2Cc2ccccc2)cc1. The van der Waals surface area contributed by atoms with E-state index in [0.29, 0.717) is 23.6 Å². The highest BCUT2D eigenvalue weighted by Gasteiger charge is 2.23. The molecule has 1 atom stereocenters. The molecule has 0 radical (unpaired) electrons. The quantitative estimate of drug-likeness (QED) is 0.780. The van der Waals surface area contributed by atoms with E-state index < -0.39 is 0 Å². The van der Waals surface area contributed by atoms with Crippen LogP contribution in [0.2, 0.25) is 0 Å². The molecule has 0 bridgehead atoms. The van der Waals surface area contributed by atoms with Crippen molar-refractivity contribution in [2.75, 3.05) is 26.2 Å². The molecule has 4 heteroatoms. The summed E-state index contributed by atoms with van der Waals surface area (Å²) in [6.45, 7) is 5.19. The van der Waals surface area contributed by atoms with Crippen LogP contribution in [0.4, 0.5) is 0 Å². The Labute approximate surface area is 155 Å². The lowest BCUT2D eigenvalue weighted by Crippen LogP contribution is -2.52. The number of rotatable bonds is 7. The summed E-state index contributed by atoms with van der Waals surface area (Å²) < 4.78 is 0. The Morgan fingerprint density at radius 3 is 2.42 bits per heavy atom. The fourth-order valence-corrected chi connectivity index (χ4v) is 3.47. The molecule has 1 aliphatic heterocycles. The molecular formula is C22H26N2O2. The molecule has 0 amide bonds. The lowest BCUT2D eigenvalue weighted by Gasteiger charge is -2.36. The predicted molar refractivity (Wildman–Crippen MR) is 104 cm³/mol. The van der Waals surface area contributed by atoms with Gasteiger partial charge in [-0.2, -0.15) is 0 Å². The Morgan fingerprint density at radius 1 is 1.04 bits per heavy atom. The van der Waals surface area contributed by atoms with Crippen LogP contribution in [0.5, 0.6) is 0 Å². The Balaban J connectivity index is 1.57. The maximum atomic E-state index is 12.5. The summed E-state index contributed by atoms with van der Waals surface area (Å²) in [4.78, 5) is 26.3. The third-order valence-electron chi connectivity index (χ3n) is 5.03. The normalized spacial score (nSPS) is 17.8. The van der Waals surface area contributed by atoms with Crippen LogP contribution in [-0.2, 0) is 6.42 Å². The van der Waals surface area contributed by atoms with Gasteiger partial charge in [0.15, 0.2) is 11.6 Å². The number of carbonyl (C=O) groups is 2. The molecule has 0 aromatic heterocycles. The van der Waals surface area contributed by atoms with Gasteiger partial charge in [0.2, 0.25) is 0 Å². The van der Waals surface area contributed by atoms with Crippen LogP contribution in [-0.4, -0.2) is 48.7 Å². The molecule has 1 aliphatic rings. The molecule has 3 rings (SSSR count). The smallest absolute Gasteiger partial charge is 0.164 e. The molecule has 1 saturated heterocycles. The van der Waals surface area contributed by atoms with Gasteiger partial charge in [0, 0.05) is 49.8 Å². The zero-order valence-electron chi connectivity index (χ0n) is 15.3. The summed E-state index contributed by atoms with van der Waals surface area (Å²) in [5, 5.41) is 3.46. The topological polar surface area (TPSA) is 49.4 Å². The zero-order valence-corrected chi connectivity index (χ0v) is 15.3. The van der Waals surface area contributed by atoms with Crippen LogP contribution in [0.25, 0.3) is 0 Å². The lowest BCUT2D eigenvalue weighted by molar-refractivity contribution is 0.0934. The highest BCUT2D eigenvalue weighted by molar-refractivity contribution is 5.98. The molecule has 0 spiro atoms. The molecule has 0 saturated carbocycles. The van der Waals surface area contributed by atoms with E-state index in [1.807, 2.05) is 6.07 Å². The summed E-state index contributed by atoms with van der Waals surface area (Å²) in [5.74, 6) is 0.158. The number of carbonyl (C=O) groups excluding carboxylic acids is 2. The second-order valence-corrected chi connectivity index (χ2v) is 6.89. The van der Waals surface area contributed by atoms with Crippen molar-refractivity contribution in [2.24, 2.45) is 0 Å². The summed E-state index contributed by atoms with van der Waals surface area (Å²) in [6.07, 6.45) is 1.50. The van der Waals surface area contributed by atoms with Gasteiger partial charge in [0.05, 0.1) is 0 Å². The van der Waals surface area contributed by atoms with E-state index in [4.69, 9.17) is 0 Å². The first-order chi connectivity index (χ1) is 12.6. The van der Waals surface area contributed by atoms with Gasteiger partial charge in [-0.3, -0.25) is 14.5 Å². The minimum Gasteiger partial charge on any atom is -0.314 e. The lowest BCUT2D eigenvalue weighted by atomic mass is 10.0. The maximum absolute atomic E-state index is 12.5. The first-order valence-corrected chi connectivity index (χ1v) is 9.26. The van der Waals surface area contributed by atoms with Crippen molar-refractivity contribution in [1.82, 2.24) is 10.2 Å². The Bertz CT molecular complexity index is 740. The van der Waals surface area contributed by atoms with Gasteiger partial charge in [0.1, 0.15) is 0 Å². The van der Waals surface area contributed by atoms with E-state index in [1.165, 1.54) is 12.5 Å². The monoisotopic (exact) mass is 350 g/mol. The fraction of sp³-hybridized carbons (Fsp3) is 0.364. The molecular weight excluding hydrogens is 324 g/mol. The zero-order chi connectivity index (χ0) is 18.4. The second-order valence-electron chi connectivity index (χ2n) is 6.89. The van der Waals surface area contributed by atoms with Gasteiger partial charge in [-0.15, -0.1) is 0 Å². The highest BCUT2D eigenvalue weighted by Crippen LogP contribution is 2.13. The predicted octanol–water partition coefficient (Wildman–Crippen LogP) is 2.98. The van der Waals surface area contributed by atoms with Crippen molar-refractivity contribution in [3.63, 3.8) is 0 Å². The number of Topliss-reactive ketones (excluding diaryl/α,β-unsaturated/α-hetero) is 2. The van der Waals surface area contributed by atoms with Gasteiger partial charge < -0.3 is 5.32 Å². The molecule has 1 unspecified atom stereocenters. The van der Waals surface area contributed by atoms with Crippen molar-refractivity contribution in [1.29, 1.82) is 0 Å². The van der Waals surface area contributed by atoms with Crippen molar-refractivity contribution >= 4 is 11.6 Å². The standard InChI is InChI=1S/C22H26N2O2/c1-17(25)19-7-9-20(10-8-19)22(26)11-13-24-14-12-23-16-21(24)15-18-5-3-2-4-6-18/h2-10,21,23H,11-16H2,1H3. The van der Waals surface area contributed by atoms with Crippen LogP contribution in [0, 0.1) is 0 Å². The van der Waals surface area contributed by atoms with Crippen molar-refractivity contribution in [2.45, 2.75) is 25.8 Å². The Morgan fingerprint density at radius 2 is 1.73 bits per heavy atom. The average Bonchev–Trinajstić information content (AvgIpc) is 2.68. The molecule has 1 fully saturated rings. The summed E-state index contributed by atoms with van der Waals surface area (Å²) in [5.41, 5.74) is 2.66. The van der Waals surface area contributed by atoms with Crippen molar-refractivity contribution in [3.8, 4) is 0 Å². The van der Waals surface area contributed by atoms with E-state index in [0.717, 1.165) is 32.6 Å². The van der Waals surface area contributed by atoms with E-state index in [-0.39, 0.29) is 11.6 Å². The molecule has 136 valence electrons. The molecule has 2 aromatic carbocycles. The molecule has 1 heterocycles. The summed E-state index contributed by atoms with van der Waals surface area (Å²) in [7, 11) is 0. The maximum Gasteiger partial charge on any atom is 0.164 e. The third kappa shape index (κ3) is 4.87. The number of piperazine rings is 1. The molecule has 4 nitrogen and oxygen atoms in total. The second kappa shape index (κ2) is 8.88.